The average molecular weight is 220 g/mol. The van der Waals surface area contributed by atoms with Gasteiger partial charge < -0.3 is 0 Å². The van der Waals surface area contributed by atoms with Gasteiger partial charge in [0.25, 0.3) is 0 Å². The monoisotopic (exact) mass is 220 g/mol. The molecule has 76 valence electrons. The fraction of sp³-hybridized carbons (Fsp3) is 0.0909. The lowest BCUT2D eigenvalue weighted by molar-refractivity contribution is 0.626. The van der Waals surface area contributed by atoms with Crippen molar-refractivity contribution < 1.29 is 4.39 Å². The Morgan fingerprint density at radius 1 is 1.13 bits per heavy atom. The molecule has 0 atom stereocenters. The third kappa shape index (κ3) is 2.76. The Morgan fingerprint density at radius 2 is 1.87 bits per heavy atom. The minimum atomic E-state index is -0.224. The van der Waals surface area contributed by atoms with E-state index in [1.807, 2.05) is 13.0 Å². The first-order valence-corrected chi connectivity index (χ1v) is 5.29. The van der Waals surface area contributed by atoms with Gasteiger partial charge in [-0.2, -0.15) is 0 Å². The molecule has 1 heterocycles. The van der Waals surface area contributed by atoms with Crippen LogP contribution in [-0.2, 0) is 0 Å². The van der Waals surface area contributed by atoms with Gasteiger partial charge in [0.15, 0.2) is 0 Å². The molecular formula is C11H9FN2S. The molecule has 1 aromatic heterocycles. The fourth-order valence-electron chi connectivity index (χ4n) is 1.11. The van der Waals surface area contributed by atoms with Crippen molar-refractivity contribution in [2.75, 3.05) is 0 Å². The molecule has 0 spiro atoms. The van der Waals surface area contributed by atoms with E-state index in [1.165, 1.54) is 23.9 Å². The SMILES string of the molecule is Cc1nccc(Sc2ccc(F)cc2)n1. The summed E-state index contributed by atoms with van der Waals surface area (Å²) in [6.07, 6.45) is 1.72. The van der Waals surface area contributed by atoms with Crippen LogP contribution in [0.2, 0.25) is 0 Å². The van der Waals surface area contributed by atoms with Gasteiger partial charge in [0.2, 0.25) is 0 Å². The maximum absolute atomic E-state index is 12.7. The molecule has 15 heavy (non-hydrogen) atoms. The maximum atomic E-state index is 12.7. The Morgan fingerprint density at radius 3 is 2.53 bits per heavy atom. The van der Waals surface area contributed by atoms with E-state index in [2.05, 4.69) is 9.97 Å². The van der Waals surface area contributed by atoms with E-state index < -0.39 is 0 Å². The van der Waals surface area contributed by atoms with Crippen LogP contribution in [0.15, 0.2) is 46.5 Å². The molecule has 0 fully saturated rings. The summed E-state index contributed by atoms with van der Waals surface area (Å²) < 4.78 is 12.7. The number of aromatic nitrogens is 2. The number of hydrogen-bond donors (Lipinski definition) is 0. The third-order valence-electron chi connectivity index (χ3n) is 1.79. The van der Waals surface area contributed by atoms with Crippen LogP contribution in [0.1, 0.15) is 5.82 Å². The number of nitrogens with zero attached hydrogens (tertiary/aromatic N) is 2. The van der Waals surface area contributed by atoms with Crippen LogP contribution in [0, 0.1) is 12.7 Å². The predicted molar refractivity (Wildman–Crippen MR) is 57.3 cm³/mol. The molecule has 0 unspecified atom stereocenters. The Labute approximate surface area is 91.6 Å². The van der Waals surface area contributed by atoms with Crippen LogP contribution in [-0.4, -0.2) is 9.97 Å². The number of halogens is 1. The van der Waals surface area contributed by atoms with Gasteiger partial charge in [0, 0.05) is 11.1 Å². The van der Waals surface area contributed by atoms with E-state index in [9.17, 15) is 4.39 Å². The molecular weight excluding hydrogens is 211 g/mol. The van der Waals surface area contributed by atoms with Gasteiger partial charge in [-0.05, 0) is 37.3 Å². The lowest BCUT2D eigenvalue weighted by Gasteiger charge is -2.00. The molecule has 0 aliphatic rings. The number of benzene rings is 1. The normalized spacial score (nSPS) is 10.3. The zero-order valence-corrected chi connectivity index (χ0v) is 8.96. The minimum absolute atomic E-state index is 0.224. The fourth-order valence-corrected chi connectivity index (χ4v) is 1.94. The Hall–Kier alpha value is -1.42. The summed E-state index contributed by atoms with van der Waals surface area (Å²) in [5, 5.41) is 0.870. The van der Waals surface area contributed by atoms with Gasteiger partial charge in [0.05, 0.1) is 0 Å². The molecule has 0 aliphatic heterocycles. The van der Waals surface area contributed by atoms with Crippen molar-refractivity contribution in [1.29, 1.82) is 0 Å². The van der Waals surface area contributed by atoms with Crippen LogP contribution in [0.4, 0.5) is 4.39 Å². The van der Waals surface area contributed by atoms with Gasteiger partial charge in [0.1, 0.15) is 16.7 Å². The molecule has 1 aromatic carbocycles. The lowest BCUT2D eigenvalue weighted by Crippen LogP contribution is -1.87. The highest BCUT2D eigenvalue weighted by Crippen LogP contribution is 2.25. The summed E-state index contributed by atoms with van der Waals surface area (Å²) in [6, 6.07) is 8.18. The van der Waals surface area contributed by atoms with Gasteiger partial charge in [-0.25, -0.2) is 14.4 Å². The van der Waals surface area contributed by atoms with Crippen LogP contribution in [0.3, 0.4) is 0 Å². The average Bonchev–Trinajstić information content (AvgIpc) is 2.22. The highest BCUT2D eigenvalue weighted by molar-refractivity contribution is 7.99. The molecule has 0 radical (unpaired) electrons. The number of hydrogen-bond acceptors (Lipinski definition) is 3. The molecule has 2 aromatic rings. The van der Waals surface area contributed by atoms with Crippen LogP contribution < -0.4 is 0 Å². The molecule has 0 bridgehead atoms. The van der Waals surface area contributed by atoms with E-state index in [4.69, 9.17) is 0 Å². The van der Waals surface area contributed by atoms with E-state index >= 15 is 0 Å². The Kier molecular flexibility index (Phi) is 2.97. The van der Waals surface area contributed by atoms with Crippen molar-refractivity contribution in [2.24, 2.45) is 0 Å². The molecule has 0 amide bonds. The summed E-state index contributed by atoms with van der Waals surface area (Å²) >= 11 is 1.49. The van der Waals surface area contributed by atoms with Crippen molar-refractivity contribution in [3.05, 3.63) is 48.2 Å². The smallest absolute Gasteiger partial charge is 0.126 e. The van der Waals surface area contributed by atoms with Crippen molar-refractivity contribution in [3.63, 3.8) is 0 Å². The van der Waals surface area contributed by atoms with E-state index in [1.54, 1.807) is 18.3 Å². The molecule has 0 N–H and O–H groups in total. The van der Waals surface area contributed by atoms with Crippen LogP contribution in [0.5, 0.6) is 0 Å². The predicted octanol–water partition coefficient (Wildman–Crippen LogP) is 3.08. The second kappa shape index (κ2) is 4.40. The first kappa shape index (κ1) is 10.1. The van der Waals surface area contributed by atoms with Crippen molar-refractivity contribution in [3.8, 4) is 0 Å². The first-order valence-electron chi connectivity index (χ1n) is 4.47. The summed E-state index contributed by atoms with van der Waals surface area (Å²) in [5.74, 6) is 0.514. The van der Waals surface area contributed by atoms with Gasteiger partial charge in [-0.3, -0.25) is 0 Å². The number of aryl methyl sites for hydroxylation is 1. The third-order valence-corrected chi connectivity index (χ3v) is 2.73. The molecule has 0 saturated carbocycles. The molecule has 2 nitrogen and oxygen atoms in total. The minimum Gasteiger partial charge on any atom is -0.242 e. The summed E-state index contributed by atoms with van der Waals surface area (Å²) in [5.41, 5.74) is 0. The summed E-state index contributed by atoms with van der Waals surface area (Å²) in [7, 11) is 0. The zero-order valence-electron chi connectivity index (χ0n) is 8.14. The Balaban J connectivity index is 2.18. The number of rotatable bonds is 2. The van der Waals surface area contributed by atoms with Crippen LogP contribution >= 0.6 is 11.8 Å². The topological polar surface area (TPSA) is 25.8 Å². The first-order chi connectivity index (χ1) is 7.24. The largest absolute Gasteiger partial charge is 0.242 e. The van der Waals surface area contributed by atoms with E-state index in [0.717, 1.165) is 15.7 Å². The highest BCUT2D eigenvalue weighted by Gasteiger charge is 1.99. The van der Waals surface area contributed by atoms with E-state index in [0.29, 0.717) is 0 Å². The van der Waals surface area contributed by atoms with Gasteiger partial charge in [-0.15, -0.1) is 0 Å². The Bertz CT molecular complexity index is 456. The maximum Gasteiger partial charge on any atom is 0.126 e. The van der Waals surface area contributed by atoms with Gasteiger partial charge in [-0.1, -0.05) is 11.8 Å². The van der Waals surface area contributed by atoms with Crippen molar-refractivity contribution >= 4 is 11.8 Å². The summed E-state index contributed by atoms with van der Waals surface area (Å²) in [4.78, 5) is 9.23. The second-order valence-electron chi connectivity index (χ2n) is 3.00. The molecule has 4 heteroatoms. The molecule has 0 saturated heterocycles. The van der Waals surface area contributed by atoms with Crippen molar-refractivity contribution in [1.82, 2.24) is 9.97 Å². The van der Waals surface area contributed by atoms with Crippen LogP contribution in [0.25, 0.3) is 0 Å². The van der Waals surface area contributed by atoms with E-state index in [-0.39, 0.29) is 5.82 Å². The second-order valence-corrected chi connectivity index (χ2v) is 4.09. The molecule has 2 rings (SSSR count). The quantitative estimate of drug-likeness (QED) is 0.727. The van der Waals surface area contributed by atoms with Crippen molar-refractivity contribution in [2.45, 2.75) is 16.8 Å². The standard InChI is InChI=1S/C11H9FN2S/c1-8-13-7-6-11(14-8)15-10-4-2-9(12)3-5-10/h2-7H,1H3. The highest BCUT2D eigenvalue weighted by atomic mass is 32.2. The van der Waals surface area contributed by atoms with Gasteiger partial charge >= 0.3 is 0 Å². The summed E-state index contributed by atoms with van der Waals surface area (Å²) in [6.45, 7) is 1.84. The zero-order chi connectivity index (χ0) is 10.7. The lowest BCUT2D eigenvalue weighted by atomic mass is 10.4. The molecule has 0 aliphatic carbocycles.